The molecule has 0 saturated carbocycles. The van der Waals surface area contributed by atoms with Crippen molar-refractivity contribution in [3.8, 4) is 17.0 Å². The molecule has 0 bridgehead atoms. The van der Waals surface area contributed by atoms with Crippen LogP contribution < -0.4 is 10.5 Å². The molecule has 0 radical (unpaired) electrons. The average Bonchev–Trinajstić information content (AvgIpc) is 2.94. The Morgan fingerprint density at radius 1 is 1.37 bits per heavy atom. The zero-order chi connectivity index (χ0) is 13.2. The highest BCUT2D eigenvalue weighted by Gasteiger charge is 2.14. The largest absolute Gasteiger partial charge is 0.493 e. The maximum Gasteiger partial charge on any atom is 0.147 e. The van der Waals surface area contributed by atoms with Gasteiger partial charge < -0.3 is 15.6 Å². The quantitative estimate of drug-likeness (QED) is 0.859. The van der Waals surface area contributed by atoms with Crippen LogP contribution in [0.25, 0.3) is 11.3 Å². The molecule has 2 heterocycles. The summed E-state index contributed by atoms with van der Waals surface area (Å²) in [4.78, 5) is 8.49. The molecule has 1 atom stereocenters. The van der Waals surface area contributed by atoms with E-state index in [1.165, 1.54) is 5.56 Å². The Morgan fingerprint density at radius 3 is 3.11 bits per heavy atom. The molecule has 19 heavy (non-hydrogen) atoms. The Kier molecular flexibility index (Phi) is 3.15. The van der Waals surface area contributed by atoms with Crippen molar-refractivity contribution < 1.29 is 9.84 Å². The van der Waals surface area contributed by atoms with E-state index in [0.717, 1.165) is 30.0 Å². The molecule has 1 aliphatic heterocycles. The Balaban J connectivity index is 1.98. The van der Waals surface area contributed by atoms with Crippen LogP contribution in [0.4, 0.5) is 0 Å². The number of nitrogens with two attached hydrogens (primary N) is 1. The van der Waals surface area contributed by atoms with Crippen molar-refractivity contribution in [3.05, 3.63) is 41.9 Å². The molecule has 1 unspecified atom stereocenters. The maximum atomic E-state index is 9.05. The zero-order valence-corrected chi connectivity index (χ0v) is 10.4. The summed E-state index contributed by atoms with van der Waals surface area (Å²) in [6.07, 6.45) is 2.59. The fourth-order valence-electron chi connectivity index (χ4n) is 2.14. The summed E-state index contributed by atoms with van der Waals surface area (Å²) < 4.78 is 5.48. The van der Waals surface area contributed by atoms with Gasteiger partial charge in [-0.25, -0.2) is 9.97 Å². The molecule has 1 aliphatic rings. The lowest BCUT2D eigenvalue weighted by molar-refractivity contribution is 0.263. The number of hydrogen-bond acceptors (Lipinski definition) is 5. The molecule has 0 saturated heterocycles. The lowest BCUT2D eigenvalue weighted by Gasteiger charge is -2.09. The van der Waals surface area contributed by atoms with Crippen LogP contribution in [0.5, 0.6) is 5.75 Å². The number of benzene rings is 1. The number of aliphatic hydroxyl groups excluding tert-OH is 1. The van der Waals surface area contributed by atoms with Gasteiger partial charge in [-0.2, -0.15) is 0 Å². The fraction of sp³-hybridized carbons (Fsp3) is 0.286. The van der Waals surface area contributed by atoms with Crippen molar-refractivity contribution in [1.29, 1.82) is 0 Å². The summed E-state index contributed by atoms with van der Waals surface area (Å²) in [6, 6.07) is 7.31. The topological polar surface area (TPSA) is 81.3 Å². The highest BCUT2D eigenvalue weighted by Crippen LogP contribution is 2.29. The number of aliphatic hydroxyl groups is 1. The molecule has 5 nitrogen and oxygen atoms in total. The van der Waals surface area contributed by atoms with E-state index < -0.39 is 6.04 Å². The molecule has 1 aromatic heterocycles. The van der Waals surface area contributed by atoms with Crippen LogP contribution in [-0.4, -0.2) is 28.3 Å². The first-order chi connectivity index (χ1) is 9.28. The number of fused-ring (bicyclic) bond motifs is 1. The summed E-state index contributed by atoms with van der Waals surface area (Å²) in [5.41, 5.74) is 8.76. The summed E-state index contributed by atoms with van der Waals surface area (Å²) in [5, 5.41) is 9.05. The average molecular weight is 257 g/mol. The first kappa shape index (κ1) is 12.1. The summed E-state index contributed by atoms with van der Waals surface area (Å²) in [6.45, 7) is 0.574. The van der Waals surface area contributed by atoms with Gasteiger partial charge in [0.05, 0.1) is 24.9 Å². The van der Waals surface area contributed by atoms with Crippen LogP contribution in [0.1, 0.15) is 17.4 Å². The Hall–Kier alpha value is -1.98. The first-order valence-electron chi connectivity index (χ1n) is 6.23. The second kappa shape index (κ2) is 4.95. The smallest absolute Gasteiger partial charge is 0.147 e. The molecular weight excluding hydrogens is 242 g/mol. The third kappa shape index (κ3) is 2.30. The Labute approximate surface area is 111 Å². The highest BCUT2D eigenvalue weighted by atomic mass is 16.5. The van der Waals surface area contributed by atoms with Crippen LogP contribution in [0.15, 0.2) is 30.5 Å². The minimum Gasteiger partial charge on any atom is -0.493 e. The van der Waals surface area contributed by atoms with Crippen LogP contribution in [0, 0.1) is 0 Å². The van der Waals surface area contributed by atoms with E-state index in [1.807, 2.05) is 18.2 Å². The molecule has 1 aromatic carbocycles. The van der Waals surface area contributed by atoms with Crippen molar-refractivity contribution in [2.24, 2.45) is 5.73 Å². The van der Waals surface area contributed by atoms with E-state index in [1.54, 1.807) is 6.20 Å². The van der Waals surface area contributed by atoms with Gasteiger partial charge >= 0.3 is 0 Å². The normalized spacial score (nSPS) is 14.8. The van der Waals surface area contributed by atoms with Gasteiger partial charge in [0.2, 0.25) is 0 Å². The minimum atomic E-state index is -0.544. The Bertz CT molecular complexity index is 601. The van der Waals surface area contributed by atoms with E-state index in [2.05, 4.69) is 16.0 Å². The lowest BCUT2D eigenvalue weighted by Crippen LogP contribution is -2.17. The van der Waals surface area contributed by atoms with Gasteiger partial charge in [0, 0.05) is 18.2 Å². The summed E-state index contributed by atoms with van der Waals surface area (Å²) in [7, 11) is 0. The minimum absolute atomic E-state index is 0.165. The molecule has 0 aliphatic carbocycles. The van der Waals surface area contributed by atoms with Gasteiger partial charge in [0.1, 0.15) is 11.6 Å². The Morgan fingerprint density at radius 2 is 2.26 bits per heavy atom. The standard InChI is InChI=1S/C14H15N3O2/c15-11(8-18)14-16-5-3-12(17-14)9-1-2-13-10(7-9)4-6-19-13/h1-3,5,7,11,18H,4,6,8,15H2. The van der Waals surface area contributed by atoms with E-state index in [9.17, 15) is 0 Å². The summed E-state index contributed by atoms with van der Waals surface area (Å²) in [5.74, 6) is 1.40. The third-order valence-corrected chi connectivity index (χ3v) is 3.19. The van der Waals surface area contributed by atoms with Gasteiger partial charge in [0.25, 0.3) is 0 Å². The predicted molar refractivity (Wildman–Crippen MR) is 70.7 cm³/mol. The fourth-order valence-corrected chi connectivity index (χ4v) is 2.14. The molecule has 98 valence electrons. The number of aromatic nitrogens is 2. The first-order valence-corrected chi connectivity index (χ1v) is 6.23. The second-order valence-corrected chi connectivity index (χ2v) is 4.51. The molecule has 5 heteroatoms. The van der Waals surface area contributed by atoms with Crippen LogP contribution in [0.3, 0.4) is 0 Å². The highest BCUT2D eigenvalue weighted by molar-refractivity contribution is 5.62. The SMILES string of the molecule is NC(CO)c1nccc(-c2ccc3c(c2)CCO3)n1. The molecule has 0 fully saturated rings. The van der Waals surface area contributed by atoms with Crippen molar-refractivity contribution in [2.45, 2.75) is 12.5 Å². The molecule has 0 amide bonds. The number of ether oxygens (including phenoxy) is 1. The number of hydrogen-bond donors (Lipinski definition) is 2. The zero-order valence-electron chi connectivity index (χ0n) is 10.4. The van der Waals surface area contributed by atoms with E-state index in [0.29, 0.717) is 5.82 Å². The molecule has 3 rings (SSSR count). The molecule has 2 aromatic rings. The van der Waals surface area contributed by atoms with Crippen molar-refractivity contribution >= 4 is 0 Å². The van der Waals surface area contributed by atoms with Gasteiger partial charge in [-0.15, -0.1) is 0 Å². The van der Waals surface area contributed by atoms with Crippen molar-refractivity contribution in [2.75, 3.05) is 13.2 Å². The third-order valence-electron chi connectivity index (χ3n) is 3.19. The van der Waals surface area contributed by atoms with E-state index in [4.69, 9.17) is 15.6 Å². The molecular formula is C14H15N3O2. The van der Waals surface area contributed by atoms with Crippen LogP contribution in [0.2, 0.25) is 0 Å². The predicted octanol–water partition coefficient (Wildman–Crippen LogP) is 1.07. The monoisotopic (exact) mass is 257 g/mol. The number of nitrogens with zero attached hydrogens (tertiary/aromatic N) is 2. The van der Waals surface area contributed by atoms with E-state index in [-0.39, 0.29) is 6.61 Å². The molecule has 0 spiro atoms. The lowest BCUT2D eigenvalue weighted by atomic mass is 10.1. The van der Waals surface area contributed by atoms with E-state index >= 15 is 0 Å². The van der Waals surface area contributed by atoms with Gasteiger partial charge in [0.15, 0.2) is 0 Å². The summed E-state index contributed by atoms with van der Waals surface area (Å²) >= 11 is 0. The molecule has 3 N–H and O–H groups in total. The van der Waals surface area contributed by atoms with Crippen LogP contribution in [-0.2, 0) is 6.42 Å². The van der Waals surface area contributed by atoms with Crippen LogP contribution >= 0.6 is 0 Å². The van der Waals surface area contributed by atoms with Crippen molar-refractivity contribution in [1.82, 2.24) is 9.97 Å². The van der Waals surface area contributed by atoms with Gasteiger partial charge in [-0.05, 0) is 29.8 Å². The van der Waals surface area contributed by atoms with Gasteiger partial charge in [-0.3, -0.25) is 0 Å². The van der Waals surface area contributed by atoms with Crippen molar-refractivity contribution in [3.63, 3.8) is 0 Å². The second-order valence-electron chi connectivity index (χ2n) is 4.51. The number of rotatable bonds is 3. The van der Waals surface area contributed by atoms with Gasteiger partial charge in [-0.1, -0.05) is 0 Å². The maximum absolute atomic E-state index is 9.05.